The molecule has 3 rings (SSSR count). The molecule has 0 radical (unpaired) electrons. The third kappa shape index (κ3) is 5.66. The molecule has 8 nitrogen and oxygen atoms in total. The molecule has 0 aliphatic heterocycles. The molecule has 0 fully saturated rings. The third-order valence-corrected chi connectivity index (χ3v) is 5.27. The summed E-state index contributed by atoms with van der Waals surface area (Å²) in [6, 6.07) is 15.1. The zero-order chi connectivity index (χ0) is 20.9. The largest absolute Gasteiger partial charge is 0.467 e. The normalized spacial score (nSPS) is 11.3. The number of nitrogens with one attached hydrogen (secondary N) is 1. The molecule has 0 amide bonds. The highest BCUT2D eigenvalue weighted by atomic mass is 32.2. The lowest BCUT2D eigenvalue weighted by molar-refractivity contribution is -0.384. The van der Waals surface area contributed by atoms with E-state index in [4.69, 9.17) is 9.15 Å². The van der Waals surface area contributed by atoms with E-state index in [1.54, 1.807) is 12.3 Å². The number of nitro benzene ring substituents is 1. The van der Waals surface area contributed by atoms with Crippen molar-refractivity contribution < 1.29 is 22.5 Å². The lowest BCUT2D eigenvalue weighted by atomic mass is 10.1. The Kier molecular flexibility index (Phi) is 6.30. The van der Waals surface area contributed by atoms with Crippen molar-refractivity contribution >= 4 is 21.2 Å². The number of rotatable bonds is 9. The van der Waals surface area contributed by atoms with Gasteiger partial charge in [-0.05, 0) is 35.4 Å². The van der Waals surface area contributed by atoms with Gasteiger partial charge in [-0.25, -0.2) is 8.42 Å². The second-order valence-corrected chi connectivity index (χ2v) is 8.47. The highest BCUT2D eigenvalue weighted by molar-refractivity contribution is 7.90. The molecule has 1 aromatic heterocycles. The number of sulfone groups is 1. The van der Waals surface area contributed by atoms with E-state index in [9.17, 15) is 18.5 Å². The Morgan fingerprint density at radius 1 is 1.07 bits per heavy atom. The quantitative estimate of drug-likeness (QED) is 0.415. The van der Waals surface area contributed by atoms with Gasteiger partial charge in [-0.1, -0.05) is 24.3 Å². The van der Waals surface area contributed by atoms with Gasteiger partial charge in [0.25, 0.3) is 5.69 Å². The van der Waals surface area contributed by atoms with Crippen LogP contribution in [0.25, 0.3) is 0 Å². The fraction of sp³-hybridized carbons (Fsp3) is 0.200. The summed E-state index contributed by atoms with van der Waals surface area (Å²) in [7, 11) is -3.53. The highest BCUT2D eigenvalue weighted by Crippen LogP contribution is 2.28. The fourth-order valence-electron chi connectivity index (χ4n) is 2.73. The van der Waals surface area contributed by atoms with Crippen LogP contribution in [0.2, 0.25) is 0 Å². The summed E-state index contributed by atoms with van der Waals surface area (Å²) in [5.74, 6) is 0.743. The molecule has 9 heteroatoms. The van der Waals surface area contributed by atoms with Crippen LogP contribution in [0.1, 0.15) is 16.9 Å². The average Bonchev–Trinajstić information content (AvgIpc) is 3.19. The lowest BCUT2D eigenvalue weighted by Gasteiger charge is -2.10. The van der Waals surface area contributed by atoms with Gasteiger partial charge in [0.15, 0.2) is 9.84 Å². The second-order valence-electron chi connectivity index (χ2n) is 6.45. The van der Waals surface area contributed by atoms with Crippen molar-refractivity contribution in [3.05, 3.63) is 87.9 Å². The second kappa shape index (κ2) is 8.89. The third-order valence-electron chi connectivity index (χ3n) is 4.16. The molecule has 2 aromatic carbocycles. The van der Waals surface area contributed by atoms with Gasteiger partial charge >= 0.3 is 0 Å². The number of ether oxygens (including phenoxy) is 1. The van der Waals surface area contributed by atoms with Crippen LogP contribution in [0.4, 0.5) is 11.4 Å². The van der Waals surface area contributed by atoms with E-state index < -0.39 is 14.8 Å². The Hall–Kier alpha value is -3.17. The van der Waals surface area contributed by atoms with Gasteiger partial charge in [-0.2, -0.15) is 0 Å². The van der Waals surface area contributed by atoms with E-state index in [1.807, 2.05) is 30.3 Å². The zero-order valence-electron chi connectivity index (χ0n) is 15.7. The van der Waals surface area contributed by atoms with Gasteiger partial charge < -0.3 is 14.5 Å². The molecule has 0 saturated carbocycles. The molecule has 0 aliphatic carbocycles. The van der Waals surface area contributed by atoms with Crippen LogP contribution in [0.5, 0.6) is 0 Å². The van der Waals surface area contributed by atoms with E-state index in [-0.39, 0.29) is 16.3 Å². The maximum absolute atomic E-state index is 11.6. The minimum atomic E-state index is -3.53. The Balaban J connectivity index is 1.66. The monoisotopic (exact) mass is 416 g/mol. The standard InChI is InChI=1S/C20H20N2O6S/c1-29(25,26)18-7-8-19(20(11-18)22(23)24)21-12-15-4-2-5-16(10-15)13-27-14-17-6-3-9-28-17/h2-11,21H,12-14H2,1H3. The van der Waals surface area contributed by atoms with Crippen LogP contribution in [0, 0.1) is 10.1 Å². The summed E-state index contributed by atoms with van der Waals surface area (Å²) in [5, 5.41) is 14.3. The molecule has 0 atom stereocenters. The van der Waals surface area contributed by atoms with Gasteiger partial charge in [-0.15, -0.1) is 0 Å². The molecular weight excluding hydrogens is 396 g/mol. The van der Waals surface area contributed by atoms with Crippen molar-refractivity contribution in [2.45, 2.75) is 24.7 Å². The van der Waals surface area contributed by atoms with Crippen molar-refractivity contribution in [1.29, 1.82) is 0 Å². The van der Waals surface area contributed by atoms with Gasteiger partial charge in [0.2, 0.25) is 0 Å². The predicted octanol–water partition coefficient (Wildman–Crippen LogP) is 3.92. The van der Waals surface area contributed by atoms with Gasteiger partial charge in [-0.3, -0.25) is 10.1 Å². The van der Waals surface area contributed by atoms with Crippen molar-refractivity contribution in [2.24, 2.45) is 0 Å². The molecule has 1 heterocycles. The molecule has 0 saturated heterocycles. The topological polar surface area (TPSA) is 112 Å². The Morgan fingerprint density at radius 2 is 1.86 bits per heavy atom. The smallest absolute Gasteiger partial charge is 0.293 e. The molecule has 0 bridgehead atoms. The molecule has 152 valence electrons. The van der Waals surface area contributed by atoms with Crippen LogP contribution in [-0.4, -0.2) is 19.6 Å². The first-order chi connectivity index (χ1) is 13.8. The molecule has 0 spiro atoms. The summed E-state index contributed by atoms with van der Waals surface area (Å²) < 4.78 is 34.1. The van der Waals surface area contributed by atoms with Crippen molar-refractivity contribution in [1.82, 2.24) is 0 Å². The summed E-state index contributed by atoms with van der Waals surface area (Å²) in [6.07, 6.45) is 2.60. The maximum atomic E-state index is 11.6. The first-order valence-electron chi connectivity index (χ1n) is 8.73. The predicted molar refractivity (Wildman–Crippen MR) is 107 cm³/mol. The minimum absolute atomic E-state index is 0.0922. The summed E-state index contributed by atoms with van der Waals surface area (Å²) in [6.45, 7) is 1.11. The van der Waals surface area contributed by atoms with Crippen LogP contribution < -0.4 is 5.32 Å². The Morgan fingerprint density at radius 3 is 2.55 bits per heavy atom. The number of nitro groups is 1. The zero-order valence-corrected chi connectivity index (χ0v) is 16.5. The molecular formula is C20H20N2O6S. The summed E-state index contributed by atoms with van der Waals surface area (Å²) >= 11 is 0. The van der Waals surface area contributed by atoms with E-state index in [0.717, 1.165) is 29.2 Å². The van der Waals surface area contributed by atoms with Gasteiger partial charge in [0, 0.05) is 18.9 Å². The van der Waals surface area contributed by atoms with Crippen molar-refractivity contribution in [3.63, 3.8) is 0 Å². The fourth-order valence-corrected chi connectivity index (χ4v) is 3.37. The average molecular weight is 416 g/mol. The number of benzene rings is 2. The van der Waals surface area contributed by atoms with Crippen LogP contribution in [0.3, 0.4) is 0 Å². The number of hydrogen-bond donors (Lipinski definition) is 1. The number of nitrogens with zero attached hydrogens (tertiary/aromatic N) is 1. The molecule has 0 aliphatic rings. The van der Waals surface area contributed by atoms with Gasteiger partial charge in [0.1, 0.15) is 18.1 Å². The van der Waals surface area contributed by atoms with E-state index in [2.05, 4.69) is 5.32 Å². The van der Waals surface area contributed by atoms with E-state index in [0.29, 0.717) is 19.8 Å². The Labute approximate surface area is 168 Å². The maximum Gasteiger partial charge on any atom is 0.293 e. The van der Waals surface area contributed by atoms with Gasteiger partial charge in [0.05, 0.1) is 22.7 Å². The molecule has 29 heavy (non-hydrogen) atoms. The molecule has 1 N–H and O–H groups in total. The van der Waals surface area contributed by atoms with Crippen molar-refractivity contribution in [3.8, 4) is 0 Å². The minimum Gasteiger partial charge on any atom is -0.467 e. The summed E-state index contributed by atoms with van der Waals surface area (Å²) in [5.41, 5.74) is 1.83. The van der Waals surface area contributed by atoms with E-state index in [1.165, 1.54) is 12.1 Å². The SMILES string of the molecule is CS(=O)(=O)c1ccc(NCc2cccc(COCc3ccco3)c2)c([N+](=O)[O-])c1. The molecule has 3 aromatic rings. The Bertz CT molecular complexity index is 1090. The molecule has 0 unspecified atom stereocenters. The first kappa shape index (κ1) is 20.6. The number of hydrogen-bond acceptors (Lipinski definition) is 7. The first-order valence-corrected chi connectivity index (χ1v) is 10.6. The lowest BCUT2D eigenvalue weighted by Crippen LogP contribution is -2.05. The van der Waals surface area contributed by atoms with Crippen molar-refractivity contribution in [2.75, 3.05) is 11.6 Å². The van der Waals surface area contributed by atoms with E-state index >= 15 is 0 Å². The number of anilines is 1. The van der Waals surface area contributed by atoms with Crippen LogP contribution in [-0.2, 0) is 34.3 Å². The summed E-state index contributed by atoms with van der Waals surface area (Å²) in [4.78, 5) is 10.6. The van der Waals surface area contributed by atoms with Crippen LogP contribution in [0.15, 0.2) is 70.2 Å². The highest BCUT2D eigenvalue weighted by Gasteiger charge is 2.18. The number of furan rings is 1. The van der Waals surface area contributed by atoms with Crippen LogP contribution >= 0.6 is 0 Å².